The van der Waals surface area contributed by atoms with Crippen LogP contribution in [0.15, 0.2) is 24.3 Å². The predicted octanol–water partition coefficient (Wildman–Crippen LogP) is 3.13. The maximum Gasteiger partial charge on any atom is 0.255 e. The van der Waals surface area contributed by atoms with Gasteiger partial charge < -0.3 is 15.5 Å². The zero-order valence-corrected chi connectivity index (χ0v) is 15.9. The highest BCUT2D eigenvalue weighted by molar-refractivity contribution is 6.04. The molecule has 1 aliphatic heterocycles. The Balaban J connectivity index is 2.04. The van der Waals surface area contributed by atoms with E-state index in [1.165, 1.54) is 0 Å². The van der Waals surface area contributed by atoms with Gasteiger partial charge in [-0.1, -0.05) is 39.8 Å². The van der Waals surface area contributed by atoms with Crippen LogP contribution in [-0.4, -0.2) is 42.9 Å². The highest BCUT2D eigenvalue weighted by atomic mass is 16.2. The summed E-state index contributed by atoms with van der Waals surface area (Å²) in [7, 11) is 0. The molecule has 0 atom stereocenters. The van der Waals surface area contributed by atoms with Crippen molar-refractivity contribution < 1.29 is 9.59 Å². The normalized spacial score (nSPS) is 15.9. The summed E-state index contributed by atoms with van der Waals surface area (Å²) in [6.45, 7) is 11.3. The molecule has 1 heterocycles. The Morgan fingerprint density at radius 3 is 2.40 bits per heavy atom. The Kier molecular flexibility index (Phi) is 6.59. The number of likely N-dealkylation sites (tertiary alicyclic amines) is 1. The molecule has 0 aromatic heterocycles. The van der Waals surface area contributed by atoms with Crippen LogP contribution in [0.25, 0.3) is 0 Å². The van der Waals surface area contributed by atoms with Gasteiger partial charge in [0.25, 0.3) is 5.91 Å². The minimum atomic E-state index is -0.499. The summed E-state index contributed by atoms with van der Waals surface area (Å²) in [4.78, 5) is 27.1. The Labute approximate surface area is 151 Å². The van der Waals surface area contributed by atoms with Gasteiger partial charge in [0.2, 0.25) is 5.91 Å². The minimum absolute atomic E-state index is 0.00621. The molecule has 1 aromatic carbocycles. The highest BCUT2D eigenvalue weighted by Crippen LogP contribution is 2.24. The monoisotopic (exact) mass is 345 g/mol. The van der Waals surface area contributed by atoms with Crippen molar-refractivity contribution in [2.24, 2.45) is 11.3 Å². The smallest absolute Gasteiger partial charge is 0.255 e. The molecule has 0 radical (unpaired) electrons. The molecule has 25 heavy (non-hydrogen) atoms. The van der Waals surface area contributed by atoms with E-state index in [1.54, 1.807) is 12.1 Å². The molecule has 0 saturated carbocycles. The molecular formula is C20H31N3O2. The summed E-state index contributed by atoms with van der Waals surface area (Å²) >= 11 is 0. The highest BCUT2D eigenvalue weighted by Gasteiger charge is 2.27. The zero-order valence-electron chi connectivity index (χ0n) is 15.9. The van der Waals surface area contributed by atoms with Crippen LogP contribution in [0.2, 0.25) is 0 Å². The molecular weight excluding hydrogens is 314 g/mol. The number of carbonyl (C=O) groups excluding carboxylic acids is 2. The van der Waals surface area contributed by atoms with Crippen molar-refractivity contribution in [1.82, 2.24) is 10.2 Å². The zero-order chi connectivity index (χ0) is 18.4. The predicted molar refractivity (Wildman–Crippen MR) is 102 cm³/mol. The Hall–Kier alpha value is -1.88. The lowest BCUT2D eigenvalue weighted by Crippen LogP contribution is -2.41. The molecule has 2 N–H and O–H groups in total. The largest absolute Gasteiger partial charge is 0.339 e. The van der Waals surface area contributed by atoms with Crippen molar-refractivity contribution in [2.45, 2.75) is 40.5 Å². The standard InChI is InChI=1S/C20H31N3O2/c1-5-21-14-15-10-12-23(13-11-15)18(24)16-8-6-7-9-17(16)22-19(25)20(2,3)4/h6-9,15,21H,5,10-14H2,1-4H3,(H,22,25). The molecule has 5 heteroatoms. The molecule has 1 fully saturated rings. The van der Waals surface area contributed by atoms with Crippen molar-refractivity contribution in [1.29, 1.82) is 0 Å². The lowest BCUT2D eigenvalue weighted by molar-refractivity contribution is -0.123. The summed E-state index contributed by atoms with van der Waals surface area (Å²) in [6, 6.07) is 7.29. The second-order valence-corrected chi connectivity index (χ2v) is 7.79. The third-order valence-electron chi connectivity index (χ3n) is 4.67. The Morgan fingerprint density at radius 2 is 1.80 bits per heavy atom. The van der Waals surface area contributed by atoms with Crippen LogP contribution in [0.4, 0.5) is 5.69 Å². The van der Waals surface area contributed by atoms with Crippen molar-refractivity contribution in [3.05, 3.63) is 29.8 Å². The van der Waals surface area contributed by atoms with E-state index in [1.807, 2.05) is 37.8 Å². The fourth-order valence-corrected chi connectivity index (χ4v) is 2.95. The summed E-state index contributed by atoms with van der Waals surface area (Å²) in [5.41, 5.74) is 0.674. The molecule has 5 nitrogen and oxygen atoms in total. The van der Waals surface area contributed by atoms with Gasteiger partial charge in [0.1, 0.15) is 0 Å². The van der Waals surface area contributed by atoms with Crippen LogP contribution in [0.3, 0.4) is 0 Å². The summed E-state index contributed by atoms with van der Waals surface area (Å²) in [5, 5.41) is 6.30. The molecule has 1 aromatic rings. The van der Waals surface area contributed by atoms with E-state index in [0.717, 1.165) is 39.0 Å². The van der Waals surface area contributed by atoms with Crippen LogP contribution in [0, 0.1) is 11.3 Å². The summed E-state index contributed by atoms with van der Waals surface area (Å²) < 4.78 is 0. The first-order valence-electron chi connectivity index (χ1n) is 9.23. The minimum Gasteiger partial charge on any atom is -0.339 e. The van der Waals surface area contributed by atoms with Gasteiger partial charge in [0.15, 0.2) is 0 Å². The first kappa shape index (κ1) is 19.4. The number of nitrogens with one attached hydrogen (secondary N) is 2. The average Bonchev–Trinajstić information content (AvgIpc) is 2.59. The van der Waals surface area contributed by atoms with Crippen LogP contribution in [0.5, 0.6) is 0 Å². The van der Waals surface area contributed by atoms with Crippen LogP contribution >= 0.6 is 0 Å². The van der Waals surface area contributed by atoms with Gasteiger partial charge in [0, 0.05) is 18.5 Å². The number of benzene rings is 1. The molecule has 138 valence electrons. The van der Waals surface area contributed by atoms with E-state index < -0.39 is 5.41 Å². The van der Waals surface area contributed by atoms with E-state index in [-0.39, 0.29) is 11.8 Å². The lowest BCUT2D eigenvalue weighted by Gasteiger charge is -2.32. The average molecular weight is 345 g/mol. The van der Waals surface area contributed by atoms with Crippen molar-refractivity contribution >= 4 is 17.5 Å². The lowest BCUT2D eigenvalue weighted by atomic mass is 9.95. The number of carbonyl (C=O) groups is 2. The van der Waals surface area contributed by atoms with E-state index in [9.17, 15) is 9.59 Å². The van der Waals surface area contributed by atoms with Gasteiger partial charge in [-0.2, -0.15) is 0 Å². The molecule has 0 bridgehead atoms. The number of anilines is 1. The van der Waals surface area contributed by atoms with E-state index in [4.69, 9.17) is 0 Å². The molecule has 2 amide bonds. The van der Waals surface area contributed by atoms with Gasteiger partial charge in [-0.3, -0.25) is 9.59 Å². The summed E-state index contributed by atoms with van der Waals surface area (Å²) in [5.74, 6) is 0.559. The molecule has 0 spiro atoms. The number of hydrogen-bond acceptors (Lipinski definition) is 3. The molecule has 1 saturated heterocycles. The molecule has 1 aliphatic rings. The Bertz CT molecular complexity index is 599. The third kappa shape index (κ3) is 5.30. The SMILES string of the molecule is CCNCC1CCN(C(=O)c2ccccc2NC(=O)C(C)(C)C)CC1. The van der Waals surface area contributed by atoms with Crippen molar-refractivity contribution in [2.75, 3.05) is 31.5 Å². The van der Waals surface area contributed by atoms with Gasteiger partial charge in [-0.25, -0.2) is 0 Å². The fourth-order valence-electron chi connectivity index (χ4n) is 2.95. The van der Waals surface area contributed by atoms with Crippen LogP contribution in [-0.2, 0) is 4.79 Å². The molecule has 2 rings (SSSR count). The summed E-state index contributed by atoms with van der Waals surface area (Å²) in [6.07, 6.45) is 2.05. The van der Waals surface area contributed by atoms with Gasteiger partial charge in [-0.05, 0) is 44.0 Å². The van der Waals surface area contributed by atoms with E-state index in [0.29, 0.717) is 17.2 Å². The second-order valence-electron chi connectivity index (χ2n) is 7.79. The second kappa shape index (κ2) is 8.48. The van der Waals surface area contributed by atoms with E-state index in [2.05, 4.69) is 17.6 Å². The maximum absolute atomic E-state index is 12.9. The number of rotatable bonds is 5. The first-order valence-corrected chi connectivity index (χ1v) is 9.23. The fraction of sp³-hybridized carbons (Fsp3) is 0.600. The first-order chi connectivity index (χ1) is 11.8. The maximum atomic E-state index is 12.9. The molecule has 0 aliphatic carbocycles. The Morgan fingerprint density at radius 1 is 1.16 bits per heavy atom. The van der Waals surface area contributed by atoms with Gasteiger partial charge >= 0.3 is 0 Å². The number of nitrogens with zero attached hydrogens (tertiary/aromatic N) is 1. The van der Waals surface area contributed by atoms with Gasteiger partial charge in [0.05, 0.1) is 11.3 Å². The van der Waals surface area contributed by atoms with E-state index >= 15 is 0 Å². The van der Waals surface area contributed by atoms with Crippen molar-refractivity contribution in [3.8, 4) is 0 Å². The quantitative estimate of drug-likeness (QED) is 0.862. The van der Waals surface area contributed by atoms with Crippen LogP contribution in [0.1, 0.15) is 50.9 Å². The number of hydrogen-bond donors (Lipinski definition) is 2. The number of amides is 2. The number of para-hydroxylation sites is 1. The third-order valence-corrected chi connectivity index (χ3v) is 4.67. The van der Waals surface area contributed by atoms with Gasteiger partial charge in [-0.15, -0.1) is 0 Å². The number of piperidine rings is 1. The van der Waals surface area contributed by atoms with Crippen LogP contribution < -0.4 is 10.6 Å². The van der Waals surface area contributed by atoms with Crippen molar-refractivity contribution in [3.63, 3.8) is 0 Å². The topological polar surface area (TPSA) is 61.4 Å². The molecule has 0 unspecified atom stereocenters.